The van der Waals surface area contributed by atoms with Crippen LogP contribution in [-0.4, -0.2) is 134 Å². The van der Waals surface area contributed by atoms with Gasteiger partial charge in [0.25, 0.3) is 0 Å². The number of benzene rings is 2. The van der Waals surface area contributed by atoms with E-state index in [0.29, 0.717) is 63.1 Å². The van der Waals surface area contributed by atoms with Gasteiger partial charge in [0, 0.05) is 97.9 Å². The number of H-pyrrole nitrogens is 1. The molecule has 2 aromatic carbocycles. The number of methoxy groups -OCH3 is 3. The fourth-order valence-corrected chi connectivity index (χ4v) is 14.1. The molecular formula is C48H61N5O9. The second kappa shape index (κ2) is 14.8. The highest BCUT2D eigenvalue weighted by Gasteiger charge is 2.80. The maximum absolute atomic E-state index is 15.5. The molecule has 14 nitrogen and oxygen atoms in total. The number of carbonyl (C=O) groups excluding carboxylic acids is 4. The van der Waals surface area contributed by atoms with Gasteiger partial charge in [-0.15, -0.1) is 0 Å². The first-order valence-corrected chi connectivity index (χ1v) is 22.2. The average Bonchev–Trinajstić information content (AvgIpc) is 3.92. The smallest absolute Gasteiger partial charge is 0.344 e. The van der Waals surface area contributed by atoms with Crippen LogP contribution in [0, 0.1) is 11.3 Å². The number of esters is 3. The van der Waals surface area contributed by atoms with Crippen molar-refractivity contribution in [1.29, 1.82) is 0 Å². The van der Waals surface area contributed by atoms with E-state index in [1.165, 1.54) is 21.1 Å². The number of fused-ring (bicyclic) bond motifs is 6. The third kappa shape index (κ3) is 5.57. The van der Waals surface area contributed by atoms with Crippen LogP contribution in [0.4, 0.5) is 5.69 Å². The number of amides is 1. The molecule has 1 amide bonds. The lowest BCUT2D eigenvalue weighted by atomic mass is 9.47. The van der Waals surface area contributed by atoms with Gasteiger partial charge in [-0.2, -0.15) is 0 Å². The Hall–Kier alpha value is -4.92. The summed E-state index contributed by atoms with van der Waals surface area (Å²) in [6.07, 6.45) is 6.21. The van der Waals surface area contributed by atoms with Crippen molar-refractivity contribution in [2.45, 2.75) is 106 Å². The fraction of sp³-hybridized carbons (Fsp3) is 0.583. The van der Waals surface area contributed by atoms with E-state index in [4.69, 9.17) is 18.9 Å². The number of aliphatic hydroxyl groups is 1. The van der Waals surface area contributed by atoms with E-state index >= 15 is 4.79 Å². The molecule has 1 saturated carbocycles. The highest BCUT2D eigenvalue weighted by Crippen LogP contribution is 2.68. The van der Waals surface area contributed by atoms with E-state index < -0.39 is 57.4 Å². The van der Waals surface area contributed by atoms with Crippen molar-refractivity contribution in [2.24, 2.45) is 11.3 Å². The van der Waals surface area contributed by atoms with Crippen molar-refractivity contribution >= 4 is 40.4 Å². The molecule has 6 aliphatic rings. The summed E-state index contributed by atoms with van der Waals surface area (Å²) in [5.41, 5.74) is -1.26. The predicted molar refractivity (Wildman–Crippen MR) is 232 cm³/mol. The van der Waals surface area contributed by atoms with Crippen LogP contribution in [0.5, 0.6) is 5.75 Å². The van der Waals surface area contributed by atoms with Crippen molar-refractivity contribution in [3.8, 4) is 5.75 Å². The van der Waals surface area contributed by atoms with Crippen molar-refractivity contribution in [3.05, 3.63) is 70.9 Å². The number of aromatic nitrogens is 1. The summed E-state index contributed by atoms with van der Waals surface area (Å²) in [6, 6.07) is 11.0. The number of rotatable bonds is 8. The van der Waals surface area contributed by atoms with Crippen LogP contribution in [0.3, 0.4) is 0 Å². The largest absolute Gasteiger partial charge is 0.496 e. The van der Waals surface area contributed by atoms with Gasteiger partial charge < -0.3 is 44.2 Å². The van der Waals surface area contributed by atoms with E-state index in [9.17, 15) is 19.5 Å². The molecule has 62 heavy (non-hydrogen) atoms. The van der Waals surface area contributed by atoms with Crippen LogP contribution in [0.1, 0.15) is 82.2 Å². The maximum Gasteiger partial charge on any atom is 0.344 e. The first-order chi connectivity index (χ1) is 29.6. The lowest BCUT2D eigenvalue weighted by Gasteiger charge is -2.63. The number of nitrogens with one attached hydrogen (secondary N) is 2. The molecule has 0 radical (unpaired) electrons. The lowest BCUT2D eigenvalue weighted by molar-refractivity contribution is -0.228. The van der Waals surface area contributed by atoms with Crippen molar-refractivity contribution in [2.75, 3.05) is 66.0 Å². The summed E-state index contributed by atoms with van der Waals surface area (Å²) >= 11 is 0. The number of nitrogens with zero attached hydrogens (tertiary/aromatic N) is 3. The van der Waals surface area contributed by atoms with Gasteiger partial charge in [0.2, 0.25) is 11.5 Å². The minimum atomic E-state index is -2.31. The monoisotopic (exact) mass is 851 g/mol. The summed E-state index contributed by atoms with van der Waals surface area (Å²) in [6.45, 7) is 10.4. The Balaban J connectivity index is 1.35. The molecule has 332 valence electrons. The first kappa shape index (κ1) is 42.4. The minimum Gasteiger partial charge on any atom is -0.496 e. The number of hydrogen-bond acceptors (Lipinski definition) is 12. The number of hydrogen-bond donors (Lipinski definition) is 3. The molecule has 6 heterocycles. The van der Waals surface area contributed by atoms with Crippen LogP contribution >= 0.6 is 0 Å². The standard InChI is InChI=1S/C48H61N5O9/c1-9-44(50-28(3)54)24-30-25-47(42(56)60-7,38-32(16-20-52(26-30)27-44)31-14-11-12-15-35(31)49-38)34-22-33-36(23-37(34)59-6)51(5)40-46(33)18-21-53-19-13-17-45(10-2,39(46)53)41(62-29(4)55)48(40,58)43(57)61-8/h11-15,17,22-23,30,39-41,49,58H,9-10,16,18-21,24-27H2,1-8H3,(H,50,54)/t30-,39-,40+,41+,44+,45+,46+,47-,48-/m0/s1. The van der Waals surface area contributed by atoms with Gasteiger partial charge in [-0.3, -0.25) is 19.3 Å². The quantitative estimate of drug-likeness (QED) is 0.169. The molecule has 2 bridgehead atoms. The Bertz CT molecular complexity index is 2380. The van der Waals surface area contributed by atoms with E-state index in [1.54, 1.807) is 14.0 Å². The summed E-state index contributed by atoms with van der Waals surface area (Å²) in [5.74, 6) is -1.63. The molecule has 1 unspecified atom stereocenters. The van der Waals surface area contributed by atoms with Crippen LogP contribution in [0.15, 0.2) is 48.6 Å². The third-order valence-electron chi connectivity index (χ3n) is 16.1. The zero-order valence-electron chi connectivity index (χ0n) is 37.3. The van der Waals surface area contributed by atoms with Crippen molar-refractivity contribution in [3.63, 3.8) is 0 Å². The predicted octanol–water partition coefficient (Wildman–Crippen LogP) is 4.13. The lowest BCUT2D eigenvalue weighted by Crippen LogP contribution is -2.81. The molecule has 3 N–H and O–H groups in total. The molecule has 3 aromatic rings. The minimum absolute atomic E-state index is 0.0691. The van der Waals surface area contributed by atoms with E-state index in [0.717, 1.165) is 52.9 Å². The van der Waals surface area contributed by atoms with Gasteiger partial charge in [0.1, 0.15) is 11.2 Å². The van der Waals surface area contributed by atoms with Crippen molar-refractivity contribution < 1.29 is 43.2 Å². The highest BCUT2D eigenvalue weighted by atomic mass is 16.6. The molecule has 14 heteroatoms. The number of anilines is 1. The van der Waals surface area contributed by atoms with Gasteiger partial charge in [-0.25, -0.2) is 4.79 Å². The molecule has 10 atom stereocenters. The van der Waals surface area contributed by atoms with Gasteiger partial charge in [-0.05, 0) is 74.2 Å². The third-order valence-corrected chi connectivity index (χ3v) is 16.1. The van der Waals surface area contributed by atoms with Crippen LogP contribution < -0.4 is 15.0 Å². The maximum atomic E-state index is 15.5. The molecule has 1 spiro atoms. The molecule has 1 aromatic heterocycles. The number of aromatic amines is 1. The molecule has 3 fully saturated rings. The van der Waals surface area contributed by atoms with Gasteiger partial charge >= 0.3 is 17.9 Å². The number of para-hydroxylation sites is 1. The Morgan fingerprint density at radius 1 is 0.952 bits per heavy atom. The van der Waals surface area contributed by atoms with Crippen LogP contribution in [0.25, 0.3) is 10.9 Å². The van der Waals surface area contributed by atoms with E-state index in [2.05, 4.69) is 51.3 Å². The molecule has 5 aliphatic heterocycles. The van der Waals surface area contributed by atoms with Crippen LogP contribution in [-0.2, 0) is 50.6 Å². The van der Waals surface area contributed by atoms with Crippen molar-refractivity contribution in [1.82, 2.24) is 20.1 Å². The molecular weight excluding hydrogens is 791 g/mol. The number of carbonyl (C=O) groups is 4. The SMILES string of the molecule is CC[C@@]1(NC(C)=O)C[C@@H]2CN(CCc3c([nH]c4ccccc34)[C@@](C(=O)OC)(c3cc4c(cc3OC)N(C)[C@H]3[C@@](O)(C(=O)OC)[C@H](OC(C)=O)[C@]5(CC)C=CCN6CC[C@]43[C@@H]65)C2)C1. The second-order valence-corrected chi connectivity index (χ2v) is 18.9. The Labute approximate surface area is 363 Å². The summed E-state index contributed by atoms with van der Waals surface area (Å²) in [7, 11) is 6.16. The average molecular weight is 852 g/mol. The zero-order valence-corrected chi connectivity index (χ0v) is 37.3. The summed E-state index contributed by atoms with van der Waals surface area (Å²) in [5, 5.41) is 17.8. The first-order valence-electron chi connectivity index (χ1n) is 22.2. The van der Waals surface area contributed by atoms with E-state index in [1.807, 2.05) is 43.1 Å². The van der Waals surface area contributed by atoms with Gasteiger partial charge in [-0.1, -0.05) is 44.2 Å². The second-order valence-electron chi connectivity index (χ2n) is 18.9. The Kier molecular flexibility index (Phi) is 10.1. The zero-order chi connectivity index (χ0) is 44.1. The fourth-order valence-electron chi connectivity index (χ4n) is 14.1. The van der Waals surface area contributed by atoms with E-state index in [-0.39, 0.29) is 17.9 Å². The van der Waals surface area contributed by atoms with Gasteiger partial charge in [0.05, 0.1) is 32.9 Å². The highest BCUT2D eigenvalue weighted by molar-refractivity contribution is 5.95. The number of ether oxygens (including phenoxy) is 4. The van der Waals surface area contributed by atoms with Crippen LogP contribution in [0.2, 0.25) is 0 Å². The molecule has 9 rings (SSSR count). The Morgan fingerprint density at radius 2 is 1.71 bits per heavy atom. The number of piperidine rings is 1. The number of likely N-dealkylation sites (N-methyl/N-ethyl adjacent to an activating group) is 1. The van der Waals surface area contributed by atoms with Gasteiger partial charge in [0.15, 0.2) is 6.10 Å². The topological polar surface area (TPSA) is 163 Å². The molecule has 1 aliphatic carbocycles. The summed E-state index contributed by atoms with van der Waals surface area (Å²) in [4.78, 5) is 66.4. The summed E-state index contributed by atoms with van der Waals surface area (Å²) < 4.78 is 24.1. The molecule has 2 saturated heterocycles. The Morgan fingerprint density at radius 3 is 2.39 bits per heavy atom. The normalized spacial score (nSPS) is 35.6.